The van der Waals surface area contributed by atoms with Crippen molar-refractivity contribution >= 4 is 34.0 Å². The molecule has 2 aromatic rings. The maximum absolute atomic E-state index is 5.50. The molecule has 21 heavy (non-hydrogen) atoms. The number of halogens is 2. The van der Waals surface area contributed by atoms with E-state index in [1.807, 2.05) is 0 Å². The summed E-state index contributed by atoms with van der Waals surface area (Å²) in [5.41, 5.74) is 9.46. The van der Waals surface area contributed by atoms with Crippen molar-refractivity contribution in [3.8, 4) is 0 Å². The van der Waals surface area contributed by atoms with Crippen molar-refractivity contribution in [3.05, 3.63) is 39.4 Å². The third kappa shape index (κ3) is 3.39. The summed E-state index contributed by atoms with van der Waals surface area (Å²) in [7, 11) is 0. The average Bonchev–Trinajstić information content (AvgIpc) is 2.86. The Morgan fingerprint density at radius 2 is 2.24 bits per heavy atom. The van der Waals surface area contributed by atoms with Gasteiger partial charge in [-0.05, 0) is 43.0 Å². The highest BCUT2D eigenvalue weighted by Gasteiger charge is 2.21. The van der Waals surface area contributed by atoms with Crippen LogP contribution < -0.4 is 10.6 Å². The number of hydrogen-bond acceptors (Lipinski definition) is 5. The summed E-state index contributed by atoms with van der Waals surface area (Å²) in [5, 5.41) is 3.98. The average molecular weight is 374 g/mol. The number of fused-ring (bicyclic) bond motifs is 1. The first kappa shape index (κ1) is 16.3. The second-order valence-corrected chi connectivity index (χ2v) is 5.98. The summed E-state index contributed by atoms with van der Waals surface area (Å²) < 4.78 is 6.21. The van der Waals surface area contributed by atoms with Gasteiger partial charge in [-0.15, -0.1) is 12.4 Å². The highest BCUT2D eigenvalue weighted by atomic mass is 79.9. The number of nitrogens with two attached hydrogens (primary N) is 1. The monoisotopic (exact) mass is 372 g/mol. The summed E-state index contributed by atoms with van der Waals surface area (Å²) in [6, 6.07) is 4.36. The number of rotatable bonds is 3. The van der Waals surface area contributed by atoms with Gasteiger partial charge < -0.3 is 15.2 Å². The Morgan fingerprint density at radius 1 is 1.43 bits per heavy atom. The van der Waals surface area contributed by atoms with Crippen LogP contribution in [0.25, 0.3) is 0 Å². The van der Waals surface area contributed by atoms with Gasteiger partial charge in [-0.25, -0.2) is 0 Å². The van der Waals surface area contributed by atoms with Crippen LogP contribution in [-0.4, -0.2) is 16.7 Å². The second-order valence-electron chi connectivity index (χ2n) is 5.06. The largest absolute Gasteiger partial charge is 0.363 e. The van der Waals surface area contributed by atoms with E-state index < -0.39 is 0 Å². The minimum Gasteiger partial charge on any atom is -0.363 e. The Hall–Kier alpha value is -1.11. The van der Waals surface area contributed by atoms with Crippen molar-refractivity contribution in [2.45, 2.75) is 32.9 Å². The standard InChI is InChI=1S/C14H17BrN4O.ClH/c1-9-5-11(15)6-10-3-2-4-19(14(9)10)8-12-17-13(7-16)20-18-12;/h5-6H,2-4,7-8,16H2,1H3;1H. The van der Waals surface area contributed by atoms with Gasteiger partial charge in [-0.2, -0.15) is 4.98 Å². The van der Waals surface area contributed by atoms with E-state index in [4.69, 9.17) is 10.3 Å². The number of anilines is 1. The van der Waals surface area contributed by atoms with E-state index in [0.29, 0.717) is 18.3 Å². The van der Waals surface area contributed by atoms with Gasteiger partial charge in [0.05, 0.1) is 13.1 Å². The summed E-state index contributed by atoms with van der Waals surface area (Å²) in [5.74, 6) is 1.19. The molecule has 1 aliphatic rings. The number of benzene rings is 1. The van der Waals surface area contributed by atoms with Crippen LogP contribution in [0.5, 0.6) is 0 Å². The summed E-state index contributed by atoms with van der Waals surface area (Å²) in [6.07, 6.45) is 2.26. The summed E-state index contributed by atoms with van der Waals surface area (Å²) in [6.45, 7) is 4.11. The first-order valence-electron chi connectivity index (χ1n) is 6.73. The Kier molecular flexibility index (Phi) is 5.24. The third-order valence-electron chi connectivity index (χ3n) is 3.55. The van der Waals surface area contributed by atoms with E-state index in [9.17, 15) is 0 Å². The van der Waals surface area contributed by atoms with Crippen LogP contribution in [0.15, 0.2) is 21.1 Å². The second kappa shape index (κ2) is 6.77. The van der Waals surface area contributed by atoms with Gasteiger partial charge in [0.15, 0.2) is 5.82 Å². The van der Waals surface area contributed by atoms with Crippen LogP contribution >= 0.6 is 28.3 Å². The van der Waals surface area contributed by atoms with E-state index in [0.717, 1.165) is 23.9 Å². The molecule has 7 heteroatoms. The van der Waals surface area contributed by atoms with E-state index in [2.05, 4.69) is 50.0 Å². The highest BCUT2D eigenvalue weighted by molar-refractivity contribution is 9.10. The fourth-order valence-electron chi connectivity index (χ4n) is 2.79. The Morgan fingerprint density at radius 3 is 2.95 bits per heavy atom. The lowest BCUT2D eigenvalue weighted by Gasteiger charge is -2.32. The minimum atomic E-state index is 0. The van der Waals surface area contributed by atoms with Gasteiger partial charge >= 0.3 is 0 Å². The van der Waals surface area contributed by atoms with Crippen molar-refractivity contribution < 1.29 is 4.52 Å². The van der Waals surface area contributed by atoms with Crippen LogP contribution in [0.1, 0.15) is 29.3 Å². The maximum Gasteiger partial charge on any atom is 0.240 e. The molecular formula is C14H18BrClN4O. The minimum absolute atomic E-state index is 0. The molecule has 114 valence electrons. The zero-order valence-electron chi connectivity index (χ0n) is 11.8. The van der Waals surface area contributed by atoms with Crippen molar-refractivity contribution in [1.82, 2.24) is 10.1 Å². The van der Waals surface area contributed by atoms with Crippen LogP contribution in [0.4, 0.5) is 5.69 Å². The van der Waals surface area contributed by atoms with Crippen LogP contribution in [0.3, 0.4) is 0 Å². The van der Waals surface area contributed by atoms with Crippen molar-refractivity contribution in [2.24, 2.45) is 5.73 Å². The summed E-state index contributed by atoms with van der Waals surface area (Å²) >= 11 is 3.57. The number of nitrogens with zero attached hydrogens (tertiary/aromatic N) is 3. The van der Waals surface area contributed by atoms with E-state index >= 15 is 0 Å². The predicted molar refractivity (Wildman–Crippen MR) is 87.7 cm³/mol. The molecule has 2 heterocycles. The molecule has 0 bridgehead atoms. The van der Waals surface area contributed by atoms with Crippen molar-refractivity contribution in [3.63, 3.8) is 0 Å². The maximum atomic E-state index is 5.50. The van der Waals surface area contributed by atoms with E-state index in [1.54, 1.807) is 0 Å². The Labute approximate surface area is 138 Å². The van der Waals surface area contributed by atoms with Gasteiger partial charge in [0.1, 0.15) is 0 Å². The molecule has 1 aliphatic heterocycles. The molecule has 2 N–H and O–H groups in total. The Bertz CT molecular complexity index is 631. The SMILES string of the molecule is Cc1cc(Br)cc2c1N(Cc1noc(CN)n1)CCC2.Cl. The highest BCUT2D eigenvalue weighted by Crippen LogP contribution is 2.34. The smallest absolute Gasteiger partial charge is 0.240 e. The fraction of sp³-hybridized carbons (Fsp3) is 0.429. The quantitative estimate of drug-likeness (QED) is 0.896. The number of aryl methyl sites for hydroxylation is 2. The fourth-order valence-corrected chi connectivity index (χ4v) is 3.41. The van der Waals surface area contributed by atoms with Crippen LogP contribution in [-0.2, 0) is 19.5 Å². The Balaban J connectivity index is 0.00000161. The molecule has 1 aromatic heterocycles. The van der Waals surface area contributed by atoms with E-state index in [-0.39, 0.29) is 19.0 Å². The lowest BCUT2D eigenvalue weighted by molar-refractivity contribution is 0.374. The van der Waals surface area contributed by atoms with Gasteiger partial charge in [-0.3, -0.25) is 0 Å². The van der Waals surface area contributed by atoms with Crippen LogP contribution in [0, 0.1) is 6.92 Å². The number of hydrogen-bond donors (Lipinski definition) is 1. The molecule has 0 aliphatic carbocycles. The van der Waals surface area contributed by atoms with Gasteiger partial charge in [-0.1, -0.05) is 21.1 Å². The predicted octanol–water partition coefficient (Wildman–Crippen LogP) is 2.97. The molecule has 1 aromatic carbocycles. The van der Waals surface area contributed by atoms with Gasteiger partial charge in [0.25, 0.3) is 0 Å². The molecule has 0 atom stereocenters. The number of aromatic nitrogens is 2. The van der Waals surface area contributed by atoms with Crippen LogP contribution in [0.2, 0.25) is 0 Å². The zero-order chi connectivity index (χ0) is 14.1. The van der Waals surface area contributed by atoms with Gasteiger partial charge in [0.2, 0.25) is 5.89 Å². The zero-order valence-corrected chi connectivity index (χ0v) is 14.2. The first-order valence-corrected chi connectivity index (χ1v) is 7.52. The lowest BCUT2D eigenvalue weighted by Crippen LogP contribution is -2.30. The summed E-state index contributed by atoms with van der Waals surface area (Å²) in [4.78, 5) is 6.61. The molecule has 0 spiro atoms. The first-order chi connectivity index (χ1) is 9.67. The molecule has 0 unspecified atom stereocenters. The van der Waals surface area contributed by atoms with Crippen molar-refractivity contribution in [1.29, 1.82) is 0 Å². The molecular weight excluding hydrogens is 356 g/mol. The molecule has 0 saturated heterocycles. The third-order valence-corrected chi connectivity index (χ3v) is 4.01. The van der Waals surface area contributed by atoms with E-state index in [1.165, 1.54) is 16.8 Å². The molecule has 0 fully saturated rings. The van der Waals surface area contributed by atoms with Gasteiger partial charge in [0, 0.05) is 16.7 Å². The normalized spacial score (nSPS) is 13.8. The topological polar surface area (TPSA) is 68.2 Å². The van der Waals surface area contributed by atoms with Crippen molar-refractivity contribution in [2.75, 3.05) is 11.4 Å². The molecule has 5 nitrogen and oxygen atoms in total. The molecule has 0 amide bonds. The molecule has 3 rings (SSSR count). The lowest BCUT2D eigenvalue weighted by atomic mass is 9.98. The molecule has 0 radical (unpaired) electrons. The molecule has 0 saturated carbocycles.